The summed E-state index contributed by atoms with van der Waals surface area (Å²) in [5.41, 5.74) is -0.00662. The molecule has 92 valence electrons. The predicted octanol–water partition coefficient (Wildman–Crippen LogP) is 1.53. The molecular formula is C11H11ClFNO3. The molecule has 0 aliphatic carbocycles. The first-order valence-corrected chi connectivity index (χ1v) is 5.50. The van der Waals surface area contributed by atoms with Crippen LogP contribution in [0.15, 0.2) is 12.1 Å². The van der Waals surface area contributed by atoms with Crippen molar-refractivity contribution in [1.29, 1.82) is 0 Å². The van der Waals surface area contributed by atoms with Crippen molar-refractivity contribution in [3.63, 3.8) is 0 Å². The Hall–Kier alpha value is -1.33. The Bertz CT molecular complexity index is 466. The van der Waals surface area contributed by atoms with Gasteiger partial charge < -0.3 is 15.1 Å². The number of anilines is 1. The first kappa shape index (κ1) is 12.1. The van der Waals surface area contributed by atoms with Crippen molar-refractivity contribution in [2.45, 2.75) is 6.42 Å². The Morgan fingerprint density at radius 1 is 1.53 bits per heavy atom. The van der Waals surface area contributed by atoms with Gasteiger partial charge in [0, 0.05) is 31.6 Å². The van der Waals surface area contributed by atoms with E-state index >= 15 is 0 Å². The monoisotopic (exact) mass is 259 g/mol. The van der Waals surface area contributed by atoms with Crippen LogP contribution >= 0.6 is 11.6 Å². The fourth-order valence-corrected chi connectivity index (χ4v) is 2.02. The Kier molecular flexibility index (Phi) is 3.22. The number of hydrogen-bond acceptors (Lipinski definition) is 3. The van der Waals surface area contributed by atoms with Crippen LogP contribution in [0, 0.1) is 11.7 Å². The number of benzene rings is 1. The molecule has 1 unspecified atom stereocenters. The molecule has 1 aliphatic heterocycles. The van der Waals surface area contributed by atoms with Gasteiger partial charge in [-0.2, -0.15) is 0 Å². The van der Waals surface area contributed by atoms with Crippen molar-refractivity contribution in [2.24, 2.45) is 5.92 Å². The van der Waals surface area contributed by atoms with Gasteiger partial charge in [-0.25, -0.2) is 4.39 Å². The quantitative estimate of drug-likeness (QED) is 0.847. The molecule has 1 aromatic carbocycles. The Labute approximate surface area is 102 Å². The van der Waals surface area contributed by atoms with E-state index in [2.05, 4.69) is 0 Å². The van der Waals surface area contributed by atoms with Crippen molar-refractivity contribution >= 4 is 23.2 Å². The zero-order valence-corrected chi connectivity index (χ0v) is 9.62. The molecule has 1 amide bonds. The number of aliphatic hydroxyl groups is 1. The van der Waals surface area contributed by atoms with E-state index in [1.807, 2.05) is 0 Å². The second-order valence-corrected chi connectivity index (χ2v) is 4.42. The second kappa shape index (κ2) is 4.50. The minimum Gasteiger partial charge on any atom is -0.506 e. The van der Waals surface area contributed by atoms with Crippen LogP contribution in [0.3, 0.4) is 0 Å². The standard InChI is InChI=1S/C11H11ClFNO3/c12-7-2-8(13)9(3-10(7)16)14-4-6(5-15)1-11(14)17/h2-3,6,15-16H,1,4-5H2. The summed E-state index contributed by atoms with van der Waals surface area (Å²) < 4.78 is 13.6. The fraction of sp³-hybridized carbons (Fsp3) is 0.364. The maximum Gasteiger partial charge on any atom is 0.227 e. The lowest BCUT2D eigenvalue weighted by atomic mass is 10.1. The highest BCUT2D eigenvalue weighted by molar-refractivity contribution is 6.32. The van der Waals surface area contributed by atoms with Crippen LogP contribution in [0.25, 0.3) is 0 Å². The van der Waals surface area contributed by atoms with Gasteiger partial charge in [0.25, 0.3) is 0 Å². The lowest BCUT2D eigenvalue weighted by Crippen LogP contribution is -2.25. The number of phenolic OH excluding ortho intramolecular Hbond substituents is 1. The average Bonchev–Trinajstić information content (AvgIpc) is 2.65. The Morgan fingerprint density at radius 3 is 2.82 bits per heavy atom. The smallest absolute Gasteiger partial charge is 0.227 e. The summed E-state index contributed by atoms with van der Waals surface area (Å²) >= 11 is 5.55. The van der Waals surface area contributed by atoms with Crippen molar-refractivity contribution in [3.05, 3.63) is 23.0 Å². The van der Waals surface area contributed by atoms with Crippen molar-refractivity contribution < 1.29 is 19.4 Å². The number of halogens is 2. The van der Waals surface area contributed by atoms with Crippen LogP contribution in [-0.2, 0) is 4.79 Å². The van der Waals surface area contributed by atoms with Crippen molar-refractivity contribution in [1.82, 2.24) is 0 Å². The van der Waals surface area contributed by atoms with E-state index in [0.29, 0.717) is 0 Å². The molecule has 1 aromatic rings. The molecule has 1 saturated heterocycles. The fourth-order valence-electron chi connectivity index (χ4n) is 1.87. The van der Waals surface area contributed by atoms with Gasteiger partial charge in [0.15, 0.2) is 0 Å². The molecule has 1 atom stereocenters. The minimum absolute atomic E-state index is 0.00662. The molecule has 6 heteroatoms. The number of phenols is 1. The van der Waals surface area contributed by atoms with E-state index in [9.17, 15) is 14.3 Å². The molecule has 2 rings (SSSR count). The Morgan fingerprint density at radius 2 is 2.24 bits per heavy atom. The molecule has 1 aliphatic rings. The van der Waals surface area contributed by atoms with Crippen molar-refractivity contribution in [3.8, 4) is 5.75 Å². The SMILES string of the molecule is O=C1CC(CO)CN1c1cc(O)c(Cl)cc1F. The third kappa shape index (κ3) is 2.21. The first-order chi connectivity index (χ1) is 8.02. The van der Waals surface area contributed by atoms with Gasteiger partial charge in [-0.1, -0.05) is 11.6 Å². The number of carbonyl (C=O) groups excluding carboxylic acids is 1. The maximum atomic E-state index is 13.6. The lowest BCUT2D eigenvalue weighted by Gasteiger charge is -2.17. The maximum absolute atomic E-state index is 13.6. The second-order valence-electron chi connectivity index (χ2n) is 4.01. The van der Waals surface area contributed by atoms with Gasteiger partial charge in [0.05, 0.1) is 10.7 Å². The number of hydrogen-bond donors (Lipinski definition) is 2. The topological polar surface area (TPSA) is 60.8 Å². The van der Waals surface area contributed by atoms with Crippen LogP contribution < -0.4 is 4.90 Å². The van der Waals surface area contributed by atoms with E-state index < -0.39 is 5.82 Å². The molecule has 0 radical (unpaired) electrons. The van der Waals surface area contributed by atoms with Gasteiger partial charge >= 0.3 is 0 Å². The normalized spacial score (nSPS) is 20.1. The van der Waals surface area contributed by atoms with E-state index in [1.165, 1.54) is 4.90 Å². The summed E-state index contributed by atoms with van der Waals surface area (Å²) in [6.07, 6.45) is 0.180. The first-order valence-electron chi connectivity index (χ1n) is 5.12. The Balaban J connectivity index is 2.35. The van der Waals surface area contributed by atoms with Crippen LogP contribution in [0.4, 0.5) is 10.1 Å². The van der Waals surface area contributed by atoms with Gasteiger partial charge in [-0.05, 0) is 6.07 Å². The molecule has 1 fully saturated rings. The number of carbonyl (C=O) groups is 1. The third-order valence-corrected chi connectivity index (χ3v) is 3.07. The van der Waals surface area contributed by atoms with Crippen LogP contribution in [0.2, 0.25) is 5.02 Å². The molecular weight excluding hydrogens is 249 g/mol. The van der Waals surface area contributed by atoms with Gasteiger partial charge in [0.1, 0.15) is 11.6 Å². The van der Waals surface area contributed by atoms with Crippen LogP contribution in [0.1, 0.15) is 6.42 Å². The van der Waals surface area contributed by atoms with E-state index in [1.54, 1.807) is 0 Å². The lowest BCUT2D eigenvalue weighted by molar-refractivity contribution is -0.117. The largest absolute Gasteiger partial charge is 0.506 e. The van der Waals surface area contributed by atoms with Crippen molar-refractivity contribution in [2.75, 3.05) is 18.1 Å². The van der Waals surface area contributed by atoms with Crippen LogP contribution in [0.5, 0.6) is 5.75 Å². The molecule has 0 aromatic heterocycles. The minimum atomic E-state index is -0.667. The molecule has 0 saturated carbocycles. The summed E-state index contributed by atoms with van der Waals surface area (Å²) in [5, 5.41) is 18.3. The number of nitrogens with zero attached hydrogens (tertiary/aromatic N) is 1. The number of amides is 1. The highest BCUT2D eigenvalue weighted by atomic mass is 35.5. The third-order valence-electron chi connectivity index (χ3n) is 2.77. The highest BCUT2D eigenvalue weighted by Crippen LogP contribution is 2.34. The zero-order chi connectivity index (χ0) is 12.6. The summed E-state index contributed by atoms with van der Waals surface area (Å²) in [6.45, 7) is 0.122. The van der Waals surface area contributed by atoms with Gasteiger partial charge in [-0.15, -0.1) is 0 Å². The molecule has 0 bridgehead atoms. The molecule has 4 nitrogen and oxygen atoms in total. The highest BCUT2D eigenvalue weighted by Gasteiger charge is 2.32. The number of aromatic hydroxyl groups is 1. The summed E-state index contributed by atoms with van der Waals surface area (Å²) in [5.74, 6) is -1.41. The van der Waals surface area contributed by atoms with E-state index in [4.69, 9.17) is 16.7 Å². The van der Waals surface area contributed by atoms with E-state index in [-0.39, 0.29) is 47.9 Å². The summed E-state index contributed by atoms with van der Waals surface area (Å²) in [6, 6.07) is 2.08. The average molecular weight is 260 g/mol. The number of aliphatic hydroxyl groups excluding tert-OH is 1. The zero-order valence-electron chi connectivity index (χ0n) is 8.86. The van der Waals surface area contributed by atoms with E-state index in [0.717, 1.165) is 12.1 Å². The molecule has 0 spiro atoms. The van der Waals surface area contributed by atoms with Crippen LogP contribution in [-0.4, -0.2) is 29.3 Å². The molecule has 1 heterocycles. The summed E-state index contributed by atoms with van der Waals surface area (Å²) in [4.78, 5) is 12.8. The van der Waals surface area contributed by atoms with Gasteiger partial charge in [0.2, 0.25) is 5.91 Å². The van der Waals surface area contributed by atoms with Gasteiger partial charge in [-0.3, -0.25) is 4.79 Å². The summed E-state index contributed by atoms with van der Waals surface area (Å²) in [7, 11) is 0. The molecule has 17 heavy (non-hydrogen) atoms. The number of rotatable bonds is 2. The predicted molar refractivity (Wildman–Crippen MR) is 60.6 cm³/mol. The molecule has 2 N–H and O–H groups in total.